The van der Waals surface area contributed by atoms with Crippen LogP contribution in [0.25, 0.3) is 5.69 Å². The quantitative estimate of drug-likeness (QED) is 0.686. The topological polar surface area (TPSA) is 59.8 Å². The molecule has 2 aromatic carbocycles. The van der Waals surface area contributed by atoms with E-state index in [1.165, 1.54) is 23.9 Å². The summed E-state index contributed by atoms with van der Waals surface area (Å²) in [6, 6.07) is 14.1. The van der Waals surface area contributed by atoms with E-state index >= 15 is 0 Å². The van der Waals surface area contributed by atoms with Crippen molar-refractivity contribution < 1.29 is 9.18 Å². The summed E-state index contributed by atoms with van der Waals surface area (Å²) >= 11 is 1.28. The molecule has 0 aliphatic rings. The van der Waals surface area contributed by atoms with Crippen LogP contribution in [-0.2, 0) is 4.79 Å². The second-order valence-electron chi connectivity index (χ2n) is 5.93. The van der Waals surface area contributed by atoms with Gasteiger partial charge in [0.2, 0.25) is 5.91 Å². The maximum Gasteiger partial charge on any atom is 0.237 e. The second-order valence-corrected chi connectivity index (χ2v) is 7.24. The van der Waals surface area contributed by atoms with Gasteiger partial charge in [0.05, 0.1) is 10.9 Å². The molecular formula is C19H19FN4OS. The number of rotatable bonds is 5. The lowest BCUT2D eigenvalue weighted by atomic mass is 10.2. The van der Waals surface area contributed by atoms with Gasteiger partial charge in [0.25, 0.3) is 0 Å². The molecule has 1 N–H and O–H groups in total. The van der Waals surface area contributed by atoms with E-state index in [2.05, 4.69) is 15.5 Å². The molecule has 0 fully saturated rings. The highest BCUT2D eigenvalue weighted by molar-refractivity contribution is 8.00. The van der Waals surface area contributed by atoms with Crippen LogP contribution < -0.4 is 5.32 Å². The van der Waals surface area contributed by atoms with Gasteiger partial charge < -0.3 is 5.32 Å². The average molecular weight is 370 g/mol. The van der Waals surface area contributed by atoms with Crippen molar-refractivity contribution in [1.82, 2.24) is 14.8 Å². The van der Waals surface area contributed by atoms with Crippen LogP contribution in [0, 0.1) is 19.7 Å². The lowest BCUT2D eigenvalue weighted by molar-refractivity contribution is -0.115. The van der Waals surface area contributed by atoms with Crippen LogP contribution in [0.5, 0.6) is 0 Å². The number of benzene rings is 2. The molecule has 1 heterocycles. The van der Waals surface area contributed by atoms with Crippen molar-refractivity contribution in [3.63, 3.8) is 0 Å². The van der Waals surface area contributed by atoms with E-state index in [0.29, 0.717) is 5.16 Å². The molecule has 3 rings (SSSR count). The summed E-state index contributed by atoms with van der Waals surface area (Å²) in [5, 5.41) is 11.1. The molecule has 0 saturated carbocycles. The molecule has 134 valence electrons. The Labute approximate surface area is 155 Å². The number of halogens is 1. The van der Waals surface area contributed by atoms with E-state index in [1.54, 1.807) is 19.1 Å². The molecule has 0 bridgehead atoms. The largest absolute Gasteiger partial charge is 0.323 e. The van der Waals surface area contributed by atoms with Crippen molar-refractivity contribution in [2.75, 3.05) is 5.32 Å². The minimum Gasteiger partial charge on any atom is -0.323 e. The highest BCUT2D eigenvalue weighted by Crippen LogP contribution is 2.26. The molecule has 0 saturated heterocycles. The van der Waals surface area contributed by atoms with Crippen molar-refractivity contribution in [3.05, 3.63) is 65.7 Å². The predicted molar refractivity (Wildman–Crippen MR) is 101 cm³/mol. The fraction of sp³-hybridized carbons (Fsp3) is 0.211. The van der Waals surface area contributed by atoms with Crippen LogP contribution in [0.15, 0.2) is 53.7 Å². The summed E-state index contributed by atoms with van der Waals surface area (Å²) in [7, 11) is 0. The normalized spacial score (nSPS) is 12.0. The SMILES string of the molecule is Cc1ccc(-n2c(C)nnc2S[C@@H](C)C(=O)Nc2ccccc2F)cc1. The summed E-state index contributed by atoms with van der Waals surface area (Å²) in [5.41, 5.74) is 2.26. The predicted octanol–water partition coefficient (Wildman–Crippen LogP) is 4.14. The van der Waals surface area contributed by atoms with Crippen LogP contribution in [0.2, 0.25) is 0 Å². The third-order valence-corrected chi connectivity index (χ3v) is 4.91. The van der Waals surface area contributed by atoms with E-state index in [0.717, 1.165) is 17.1 Å². The molecule has 0 spiro atoms. The molecule has 0 radical (unpaired) electrons. The first kappa shape index (κ1) is 18.1. The zero-order valence-corrected chi connectivity index (χ0v) is 15.5. The Morgan fingerprint density at radius 2 is 1.81 bits per heavy atom. The number of carbonyl (C=O) groups is 1. The van der Waals surface area contributed by atoms with Gasteiger partial charge in [-0.3, -0.25) is 9.36 Å². The van der Waals surface area contributed by atoms with Gasteiger partial charge in [0, 0.05) is 5.69 Å². The number of thioether (sulfide) groups is 1. The van der Waals surface area contributed by atoms with Gasteiger partial charge in [-0.15, -0.1) is 10.2 Å². The van der Waals surface area contributed by atoms with Crippen molar-refractivity contribution in [2.45, 2.75) is 31.2 Å². The Morgan fingerprint density at radius 1 is 1.12 bits per heavy atom. The van der Waals surface area contributed by atoms with E-state index < -0.39 is 11.1 Å². The number of aryl methyl sites for hydroxylation is 2. The molecule has 0 unspecified atom stereocenters. The number of hydrogen-bond acceptors (Lipinski definition) is 4. The molecule has 0 aliphatic heterocycles. The summed E-state index contributed by atoms with van der Waals surface area (Å²) in [6.07, 6.45) is 0. The Hall–Kier alpha value is -2.67. The maximum absolute atomic E-state index is 13.7. The summed E-state index contributed by atoms with van der Waals surface area (Å²) < 4.78 is 15.6. The Bertz CT molecular complexity index is 924. The van der Waals surface area contributed by atoms with Crippen molar-refractivity contribution >= 4 is 23.4 Å². The van der Waals surface area contributed by atoms with Crippen molar-refractivity contribution in [3.8, 4) is 5.69 Å². The number of hydrogen-bond donors (Lipinski definition) is 1. The summed E-state index contributed by atoms with van der Waals surface area (Å²) in [4.78, 5) is 12.4. The number of carbonyl (C=O) groups excluding carboxylic acids is 1. The van der Waals surface area contributed by atoms with Crippen LogP contribution >= 0.6 is 11.8 Å². The number of aromatic nitrogens is 3. The molecule has 5 nitrogen and oxygen atoms in total. The first-order valence-corrected chi connectivity index (χ1v) is 9.05. The first-order valence-electron chi connectivity index (χ1n) is 8.17. The smallest absolute Gasteiger partial charge is 0.237 e. The Morgan fingerprint density at radius 3 is 2.50 bits per heavy atom. The van der Waals surface area contributed by atoms with E-state index in [9.17, 15) is 9.18 Å². The number of amides is 1. The minimum atomic E-state index is -0.470. The lowest BCUT2D eigenvalue weighted by Gasteiger charge is -2.13. The van der Waals surface area contributed by atoms with Gasteiger partial charge in [-0.2, -0.15) is 0 Å². The molecule has 26 heavy (non-hydrogen) atoms. The zero-order chi connectivity index (χ0) is 18.7. The lowest BCUT2D eigenvalue weighted by Crippen LogP contribution is -2.23. The fourth-order valence-corrected chi connectivity index (χ4v) is 3.33. The fourth-order valence-electron chi connectivity index (χ4n) is 2.42. The molecular weight excluding hydrogens is 351 g/mol. The maximum atomic E-state index is 13.7. The number of nitrogens with zero attached hydrogens (tertiary/aromatic N) is 3. The minimum absolute atomic E-state index is 0.168. The molecule has 1 amide bonds. The van der Waals surface area contributed by atoms with Crippen LogP contribution in [0.3, 0.4) is 0 Å². The number of nitrogens with one attached hydrogen (secondary N) is 1. The van der Waals surface area contributed by atoms with Crippen molar-refractivity contribution in [1.29, 1.82) is 0 Å². The number of anilines is 1. The van der Waals surface area contributed by atoms with E-state index in [1.807, 2.05) is 42.7 Å². The third kappa shape index (κ3) is 3.94. The van der Waals surface area contributed by atoms with Gasteiger partial charge >= 0.3 is 0 Å². The van der Waals surface area contributed by atoms with E-state index in [4.69, 9.17) is 0 Å². The Kier molecular flexibility index (Phi) is 5.37. The van der Waals surface area contributed by atoms with E-state index in [-0.39, 0.29) is 11.6 Å². The van der Waals surface area contributed by atoms with Gasteiger partial charge in [-0.25, -0.2) is 4.39 Å². The van der Waals surface area contributed by atoms with Crippen molar-refractivity contribution in [2.24, 2.45) is 0 Å². The highest BCUT2D eigenvalue weighted by Gasteiger charge is 2.20. The zero-order valence-electron chi connectivity index (χ0n) is 14.7. The molecule has 7 heteroatoms. The average Bonchev–Trinajstić information content (AvgIpc) is 2.98. The third-order valence-electron chi connectivity index (χ3n) is 3.87. The number of para-hydroxylation sites is 1. The highest BCUT2D eigenvalue weighted by atomic mass is 32.2. The molecule has 3 aromatic rings. The second kappa shape index (κ2) is 7.70. The van der Waals surface area contributed by atoms with Crippen LogP contribution in [-0.4, -0.2) is 25.9 Å². The Balaban J connectivity index is 1.77. The monoisotopic (exact) mass is 370 g/mol. The van der Waals surface area contributed by atoms with Gasteiger partial charge in [0.1, 0.15) is 11.6 Å². The van der Waals surface area contributed by atoms with Gasteiger partial charge in [-0.05, 0) is 45.0 Å². The summed E-state index contributed by atoms with van der Waals surface area (Å²) in [5.74, 6) is -0.0222. The summed E-state index contributed by atoms with van der Waals surface area (Å²) in [6.45, 7) is 5.64. The molecule has 1 atom stereocenters. The molecule has 0 aliphatic carbocycles. The first-order chi connectivity index (χ1) is 12.5. The van der Waals surface area contributed by atoms with Crippen LogP contribution in [0.4, 0.5) is 10.1 Å². The molecule has 1 aromatic heterocycles. The standard InChI is InChI=1S/C19H19FN4OS/c1-12-8-10-15(11-9-12)24-14(3)22-23-19(24)26-13(2)18(25)21-17-7-5-4-6-16(17)20/h4-11,13H,1-3H3,(H,21,25)/t13-/m0/s1. The van der Waals surface area contributed by atoms with Gasteiger partial charge in [0.15, 0.2) is 5.16 Å². The van der Waals surface area contributed by atoms with Crippen LogP contribution in [0.1, 0.15) is 18.3 Å². The van der Waals surface area contributed by atoms with Gasteiger partial charge in [-0.1, -0.05) is 41.6 Å².